The van der Waals surface area contributed by atoms with Gasteiger partial charge in [-0.15, -0.1) is 0 Å². The van der Waals surface area contributed by atoms with Crippen LogP contribution in [0.25, 0.3) is 0 Å². The second-order valence-corrected chi connectivity index (χ2v) is 34.6. The van der Waals surface area contributed by atoms with Gasteiger partial charge in [-0.2, -0.15) is 0 Å². The molecule has 12 aromatic carbocycles. The Balaban J connectivity index is 0.878. The van der Waals surface area contributed by atoms with Crippen molar-refractivity contribution >= 4 is 5.97 Å². The van der Waals surface area contributed by atoms with E-state index in [4.69, 9.17) is 94.7 Å². The van der Waals surface area contributed by atoms with Crippen LogP contribution in [-0.2, 0) is 179 Å². The fraction of sp³-hybridized carbons (Fsp3) is 0.360. The Morgan fingerprint density at radius 1 is 0.212 bits per heavy atom. The van der Waals surface area contributed by atoms with E-state index in [1.54, 1.807) is 0 Å². The van der Waals surface area contributed by atoms with Crippen LogP contribution in [-0.4, -0.2) is 172 Å². The molecule has 4 aliphatic heterocycles. The number of aliphatic hydroxyl groups is 1. The van der Waals surface area contributed by atoms with Crippen LogP contribution >= 0.6 is 0 Å². The van der Waals surface area contributed by atoms with Gasteiger partial charge in [-0.05, 0) is 79.6 Å². The van der Waals surface area contributed by atoms with E-state index in [0.29, 0.717) is 19.3 Å². The minimum Gasteiger partial charge on any atom is -0.481 e. The molecule has 0 radical (unpaired) electrons. The number of hydrogen-bond acceptors (Lipinski definition) is 22. The lowest BCUT2D eigenvalue weighted by Gasteiger charge is -2.52. The van der Waals surface area contributed by atoms with E-state index in [0.717, 1.165) is 66.8 Å². The van der Waals surface area contributed by atoms with Gasteiger partial charge >= 0.3 is 5.97 Å². The first-order valence-electron chi connectivity index (χ1n) is 47.5. The van der Waals surface area contributed by atoms with Crippen molar-refractivity contribution in [3.8, 4) is 0 Å². The van der Waals surface area contributed by atoms with E-state index < -0.39 is 129 Å². The molecule has 137 heavy (non-hydrogen) atoms. The number of carboxylic acids is 1. The van der Waals surface area contributed by atoms with E-state index in [1.165, 1.54) is 0 Å². The van der Waals surface area contributed by atoms with E-state index in [-0.39, 0.29) is 119 Å². The first-order chi connectivity index (χ1) is 67.7. The van der Waals surface area contributed by atoms with Crippen molar-refractivity contribution < 1.29 is 110 Å². The van der Waals surface area contributed by atoms with Crippen molar-refractivity contribution in [3.63, 3.8) is 0 Å². The second-order valence-electron chi connectivity index (χ2n) is 34.6. The molecule has 12 aromatic rings. The predicted molar refractivity (Wildman–Crippen MR) is 512 cm³/mol. The molecular formula is C114H124O23. The maximum atomic E-state index is 13.9. The number of aliphatic carboxylic acids is 1. The minimum absolute atomic E-state index is 0.00457. The summed E-state index contributed by atoms with van der Waals surface area (Å²) in [7, 11) is 0. The second kappa shape index (κ2) is 54.0. The highest BCUT2D eigenvalue weighted by atomic mass is 16.8. The zero-order valence-electron chi connectivity index (χ0n) is 77.0. The van der Waals surface area contributed by atoms with E-state index >= 15 is 0 Å². The molecule has 0 aromatic heterocycles. The summed E-state index contributed by atoms with van der Waals surface area (Å²) in [4.78, 5) is 12.1. The Morgan fingerprint density at radius 3 is 0.657 bits per heavy atom. The molecule has 16 rings (SSSR count). The fourth-order valence-electron chi connectivity index (χ4n) is 17.4. The molecule has 0 unspecified atom stereocenters. The topological polar surface area (TPSA) is 242 Å². The maximum absolute atomic E-state index is 13.9. The van der Waals surface area contributed by atoms with Crippen LogP contribution < -0.4 is 0 Å². The van der Waals surface area contributed by atoms with Crippen molar-refractivity contribution in [2.75, 3.05) is 33.0 Å². The number of hydrogen-bond donors (Lipinski definition) is 2. The molecule has 4 fully saturated rings. The largest absolute Gasteiger partial charge is 0.481 e. The highest BCUT2D eigenvalue weighted by Crippen LogP contribution is 2.42. The summed E-state index contributed by atoms with van der Waals surface area (Å²) in [6, 6.07) is 118. The lowest BCUT2D eigenvalue weighted by atomic mass is 9.94. The van der Waals surface area contributed by atoms with Crippen molar-refractivity contribution in [2.24, 2.45) is 0 Å². The van der Waals surface area contributed by atoms with E-state index in [2.05, 4.69) is 0 Å². The average molecular weight is 1860 g/mol. The summed E-state index contributed by atoms with van der Waals surface area (Å²) in [5.41, 5.74) is 10.4. The third-order valence-corrected chi connectivity index (χ3v) is 24.4. The smallest absolute Gasteiger partial charge is 0.303 e. The van der Waals surface area contributed by atoms with Gasteiger partial charge in [0.05, 0.1) is 106 Å². The van der Waals surface area contributed by atoms with E-state index in [9.17, 15) is 15.0 Å². The van der Waals surface area contributed by atoms with Gasteiger partial charge in [-0.1, -0.05) is 370 Å². The molecule has 0 bridgehead atoms. The first kappa shape index (κ1) is 99.3. The van der Waals surface area contributed by atoms with Crippen LogP contribution in [0.3, 0.4) is 0 Å². The minimum atomic E-state index is -1.68. The zero-order valence-corrected chi connectivity index (χ0v) is 77.0. The third-order valence-electron chi connectivity index (χ3n) is 24.4. The fourth-order valence-corrected chi connectivity index (χ4v) is 17.4. The standard InChI is InChI=1S/C114H124O23/c115-98(116)64-38-13-39-65-122-112-108(105(128-75-91-58-32-10-33-59-91)101(124-71-87-50-24-6-25-51-87)95(132-112)79-119-67-83-42-16-2-17-43-83)136-114-110(107(130-77-93-62-36-12-37-63-93)103(126-73-89-54-28-8-29-55-89)97(134-114)81-121-69-85-46-20-4-21-47-85)137-113-109(106(129-76-92-60-34-11-35-61-92)102(125-72-88-52-26-7-27-53-88)96(133-113)80-120-68-84-44-18-3-19-45-84)135-111-99(117)104(127-74-90-56-30-9-31-57-90)100(123-70-86-48-22-5-23-49-86)94(131-111)78-118-66-82-40-14-1-15-41-82/h1-12,14-37,40-63,94-97,99-114,117H,13,38-39,64-81H2,(H,115,116)/t94-,95-,96-,97-,99+,100-,101-,102-,103-,104-,105+,106+,107+,108+,109+,110+,111+,112+,113+,114+/m1/s1. The number of benzene rings is 12. The highest BCUT2D eigenvalue weighted by molar-refractivity contribution is 5.66. The number of rotatable bonds is 53. The normalized spacial score (nSPS) is 25.0. The highest BCUT2D eigenvalue weighted by Gasteiger charge is 2.60. The molecule has 0 amide bonds. The zero-order chi connectivity index (χ0) is 93.5. The monoisotopic (exact) mass is 1860 g/mol. The summed E-state index contributed by atoms with van der Waals surface area (Å²) in [5, 5.41) is 23.8. The van der Waals surface area contributed by atoms with Gasteiger partial charge in [0.1, 0.15) is 97.7 Å². The van der Waals surface area contributed by atoms with Gasteiger partial charge in [0.2, 0.25) is 0 Å². The van der Waals surface area contributed by atoms with Crippen molar-refractivity contribution in [1.82, 2.24) is 0 Å². The number of unbranched alkanes of at least 4 members (excludes halogenated alkanes) is 2. The van der Waals surface area contributed by atoms with Crippen LogP contribution in [0.4, 0.5) is 0 Å². The number of carbonyl (C=O) groups is 1. The lowest BCUT2D eigenvalue weighted by Crippen LogP contribution is -2.69. The van der Waals surface area contributed by atoms with Gasteiger partial charge in [-0.25, -0.2) is 0 Å². The summed E-state index contributed by atoms with van der Waals surface area (Å²) < 4.78 is 149. The molecule has 20 atom stereocenters. The van der Waals surface area contributed by atoms with E-state index in [1.807, 2.05) is 364 Å². The lowest BCUT2D eigenvalue weighted by molar-refractivity contribution is -0.416. The predicted octanol–water partition coefficient (Wildman–Crippen LogP) is 18.6. The summed E-state index contributed by atoms with van der Waals surface area (Å²) in [6.07, 6.45) is -24.1. The van der Waals surface area contributed by atoms with Crippen molar-refractivity contribution in [3.05, 3.63) is 431 Å². The number of aliphatic hydroxyl groups excluding tert-OH is 1. The maximum Gasteiger partial charge on any atom is 0.303 e. The summed E-state index contributed by atoms with van der Waals surface area (Å²) >= 11 is 0. The van der Waals surface area contributed by atoms with Crippen LogP contribution in [0.15, 0.2) is 364 Å². The van der Waals surface area contributed by atoms with Gasteiger partial charge in [0.25, 0.3) is 0 Å². The molecule has 4 aliphatic rings. The molecule has 0 saturated carbocycles. The van der Waals surface area contributed by atoms with Gasteiger partial charge in [0.15, 0.2) is 25.2 Å². The Hall–Kier alpha value is -10.7. The molecular weight excluding hydrogens is 1740 g/mol. The quantitative estimate of drug-likeness (QED) is 0.0337. The molecule has 0 spiro atoms. The molecule has 2 N–H and O–H groups in total. The van der Waals surface area contributed by atoms with Crippen molar-refractivity contribution in [2.45, 2.75) is 228 Å². The third kappa shape index (κ3) is 30.4. The van der Waals surface area contributed by atoms with Crippen LogP contribution in [0, 0.1) is 0 Å². The number of ether oxygens (including phenoxy) is 20. The Morgan fingerprint density at radius 2 is 0.409 bits per heavy atom. The SMILES string of the molecule is O=C(O)CCCCCO[C@H]1O[C@H](COCc2ccccc2)[C@@H](OCc2ccccc2)[C@H](OCc2ccccc2)[C@@H]1O[C@@H]1O[C@H](COCc2ccccc2)[C@@H](OCc2ccccc2)[C@H](OCc2ccccc2)[C@@H]1O[C@@H]1O[C@H](COCc2ccccc2)[C@@H](OCc2ccccc2)[C@H](OCc2ccccc2)[C@@H]1O[C@@H]1O[C@H](COCc2ccccc2)[C@@H](OCc2ccccc2)[C@H](OCc2ccccc2)[C@@H]1O. The van der Waals surface area contributed by atoms with Gasteiger partial charge < -0.3 is 105 Å². The number of carboxylic acid groups (broad SMARTS) is 1. The average Bonchev–Trinajstić information content (AvgIpc) is 0.785. The molecule has 4 heterocycles. The molecule has 4 saturated heterocycles. The Labute approximate surface area is 802 Å². The van der Waals surface area contributed by atoms with Crippen LogP contribution in [0.5, 0.6) is 0 Å². The Kier molecular flexibility index (Phi) is 39.1. The summed E-state index contributed by atoms with van der Waals surface area (Å²) in [6.45, 7) is 0.932. The Bertz CT molecular complexity index is 5300. The first-order valence-corrected chi connectivity index (χ1v) is 47.5. The molecule has 0 aliphatic carbocycles. The van der Waals surface area contributed by atoms with Gasteiger partial charge in [0, 0.05) is 13.0 Å². The molecule has 23 nitrogen and oxygen atoms in total. The van der Waals surface area contributed by atoms with Crippen LogP contribution in [0.1, 0.15) is 92.4 Å². The van der Waals surface area contributed by atoms with Crippen LogP contribution in [0.2, 0.25) is 0 Å². The molecule has 718 valence electrons. The molecule has 23 heteroatoms. The van der Waals surface area contributed by atoms with Gasteiger partial charge in [-0.3, -0.25) is 4.79 Å². The van der Waals surface area contributed by atoms with Crippen molar-refractivity contribution in [1.29, 1.82) is 0 Å². The summed E-state index contributed by atoms with van der Waals surface area (Å²) in [5.74, 6) is -0.903.